The molecule has 9 heteroatoms. The summed E-state index contributed by atoms with van der Waals surface area (Å²) in [7, 11) is 0. The van der Waals surface area contributed by atoms with E-state index in [9.17, 15) is 14.9 Å². The minimum Gasteiger partial charge on any atom is -0.489 e. The number of aryl methyl sites for hydroxylation is 1. The highest BCUT2D eigenvalue weighted by Crippen LogP contribution is 2.41. The molecule has 1 aliphatic carbocycles. The second kappa shape index (κ2) is 11.2. The van der Waals surface area contributed by atoms with E-state index in [1.54, 1.807) is 12.1 Å². The third-order valence-electron chi connectivity index (χ3n) is 7.77. The van der Waals surface area contributed by atoms with E-state index < -0.39 is 4.92 Å². The van der Waals surface area contributed by atoms with Crippen molar-refractivity contribution in [3.63, 3.8) is 0 Å². The second-order valence-corrected chi connectivity index (χ2v) is 12.4. The predicted octanol–water partition coefficient (Wildman–Crippen LogP) is 6.57. The Hall–Kier alpha value is -4.60. The molecular formula is C34H24BrN3O4S. The summed E-state index contributed by atoms with van der Waals surface area (Å²) >= 11 is 4.95. The number of nitro benzene ring substituents is 1. The molecule has 1 aliphatic heterocycles. The maximum atomic E-state index is 14.0. The van der Waals surface area contributed by atoms with Gasteiger partial charge in [-0.15, -0.1) is 0 Å². The zero-order valence-corrected chi connectivity index (χ0v) is 25.2. The number of aromatic nitrogens is 1. The number of rotatable bonds is 6. The quantitative estimate of drug-likeness (QED) is 0.154. The molecule has 0 saturated carbocycles. The summed E-state index contributed by atoms with van der Waals surface area (Å²) in [6.45, 7) is 0.268. The van der Waals surface area contributed by atoms with E-state index in [2.05, 4.69) is 46.3 Å². The Bertz CT molecular complexity index is 2100. The Morgan fingerprint density at radius 3 is 2.58 bits per heavy atom. The average Bonchev–Trinajstić information content (AvgIpc) is 3.33. The van der Waals surface area contributed by atoms with Crippen molar-refractivity contribution >= 4 is 44.7 Å². The van der Waals surface area contributed by atoms with Crippen molar-refractivity contribution in [1.29, 1.82) is 0 Å². The summed E-state index contributed by atoms with van der Waals surface area (Å²) in [5.74, 6) is 0.639. The molecule has 0 saturated heterocycles. The minimum atomic E-state index is -0.423. The van der Waals surface area contributed by atoms with Crippen LogP contribution in [0.25, 0.3) is 11.8 Å². The Balaban J connectivity index is 1.27. The first-order valence-electron chi connectivity index (χ1n) is 13.8. The third kappa shape index (κ3) is 5.26. The molecule has 2 aliphatic rings. The average molecular weight is 651 g/mol. The normalized spacial score (nSPS) is 15.7. The molecule has 43 heavy (non-hydrogen) atoms. The minimum absolute atomic E-state index is 0.0413. The van der Waals surface area contributed by atoms with Crippen LogP contribution in [0.3, 0.4) is 0 Å². The van der Waals surface area contributed by atoms with Crippen LogP contribution in [0, 0.1) is 10.1 Å². The zero-order chi connectivity index (χ0) is 29.5. The maximum Gasteiger partial charge on any atom is 0.271 e. The van der Waals surface area contributed by atoms with Crippen molar-refractivity contribution in [3.05, 3.63) is 165 Å². The summed E-state index contributed by atoms with van der Waals surface area (Å²) in [4.78, 5) is 30.3. The lowest BCUT2D eigenvalue weighted by atomic mass is 9.83. The molecule has 7 nitrogen and oxygen atoms in total. The lowest BCUT2D eigenvalue weighted by molar-refractivity contribution is -0.384. The highest BCUT2D eigenvalue weighted by molar-refractivity contribution is 9.10. The zero-order valence-electron chi connectivity index (χ0n) is 22.8. The molecular weight excluding hydrogens is 626 g/mol. The van der Waals surface area contributed by atoms with Crippen LogP contribution in [0.1, 0.15) is 40.3 Å². The van der Waals surface area contributed by atoms with Gasteiger partial charge in [-0.25, -0.2) is 4.99 Å². The van der Waals surface area contributed by atoms with Crippen LogP contribution in [0.5, 0.6) is 5.75 Å². The fourth-order valence-corrected chi connectivity index (χ4v) is 6.96. The molecule has 1 aromatic heterocycles. The van der Waals surface area contributed by atoms with Gasteiger partial charge in [0.1, 0.15) is 12.4 Å². The highest BCUT2D eigenvalue weighted by atomic mass is 79.9. The molecule has 0 bridgehead atoms. The van der Waals surface area contributed by atoms with Gasteiger partial charge in [0, 0.05) is 22.2 Å². The van der Waals surface area contributed by atoms with Crippen LogP contribution in [-0.2, 0) is 13.0 Å². The standard InChI is InChI=1S/C34H24BrN3O4S/c35-25-13-10-24(11-14-25)32-29-17-12-23-5-1-2-7-28(23)31(29)36-34-37(32)33(39)30(43-34)19-22-4-3-6-27(18-22)42-20-21-8-15-26(16-9-21)38(40)41/h1-11,13-16,18-19,32H,12,17,20H2/b30-19+/t32-/m0/s1. The van der Waals surface area contributed by atoms with Gasteiger partial charge in [-0.2, -0.15) is 0 Å². The molecule has 212 valence electrons. The van der Waals surface area contributed by atoms with Crippen molar-refractivity contribution in [2.75, 3.05) is 0 Å². The van der Waals surface area contributed by atoms with Gasteiger partial charge in [-0.3, -0.25) is 19.5 Å². The number of ether oxygens (including phenoxy) is 1. The number of halogens is 1. The number of nitro groups is 1. The van der Waals surface area contributed by atoms with E-state index >= 15 is 0 Å². The van der Waals surface area contributed by atoms with E-state index in [-0.39, 0.29) is 23.9 Å². The molecule has 0 N–H and O–H groups in total. The molecule has 1 atom stereocenters. The number of non-ortho nitro benzene ring substituents is 1. The number of benzene rings is 4. The fourth-order valence-electron chi connectivity index (χ4n) is 5.69. The summed E-state index contributed by atoms with van der Waals surface area (Å²) in [5, 5.41) is 10.9. The molecule has 4 aromatic carbocycles. The first-order chi connectivity index (χ1) is 20.9. The van der Waals surface area contributed by atoms with E-state index in [1.165, 1.54) is 34.6 Å². The van der Waals surface area contributed by atoms with Gasteiger partial charge in [-0.05, 0) is 83.1 Å². The summed E-state index contributed by atoms with van der Waals surface area (Å²) < 4.78 is 9.40. The van der Waals surface area contributed by atoms with Crippen molar-refractivity contribution in [3.8, 4) is 5.75 Å². The lowest BCUT2D eigenvalue weighted by Crippen LogP contribution is -2.38. The van der Waals surface area contributed by atoms with Crippen LogP contribution in [0.4, 0.5) is 5.69 Å². The number of hydrogen-bond donors (Lipinski definition) is 0. The van der Waals surface area contributed by atoms with Crippen LogP contribution >= 0.6 is 27.3 Å². The van der Waals surface area contributed by atoms with E-state index in [0.717, 1.165) is 45.3 Å². The first kappa shape index (κ1) is 27.2. The van der Waals surface area contributed by atoms with Crippen LogP contribution in [0.15, 0.2) is 117 Å². The van der Waals surface area contributed by atoms with Gasteiger partial charge in [0.2, 0.25) is 0 Å². The van der Waals surface area contributed by atoms with E-state index in [4.69, 9.17) is 9.73 Å². The Labute approximate surface area is 259 Å². The Morgan fingerprint density at radius 2 is 1.79 bits per heavy atom. The summed E-state index contributed by atoms with van der Waals surface area (Å²) in [5.41, 5.74) is 7.25. The van der Waals surface area contributed by atoms with Crippen LogP contribution < -0.4 is 19.6 Å². The number of nitrogens with zero attached hydrogens (tertiary/aromatic N) is 3. The van der Waals surface area contributed by atoms with Gasteiger partial charge in [0.15, 0.2) is 4.80 Å². The smallest absolute Gasteiger partial charge is 0.271 e. The molecule has 0 unspecified atom stereocenters. The summed E-state index contributed by atoms with van der Waals surface area (Å²) in [6.07, 6.45) is 3.64. The lowest BCUT2D eigenvalue weighted by Gasteiger charge is -2.30. The molecule has 0 spiro atoms. The molecule has 0 amide bonds. The predicted molar refractivity (Wildman–Crippen MR) is 171 cm³/mol. The van der Waals surface area contributed by atoms with Gasteiger partial charge in [0.05, 0.1) is 21.2 Å². The number of hydrogen-bond acceptors (Lipinski definition) is 6. The van der Waals surface area contributed by atoms with Crippen molar-refractivity contribution in [2.24, 2.45) is 4.99 Å². The molecule has 0 fully saturated rings. The van der Waals surface area contributed by atoms with Crippen LogP contribution in [0.2, 0.25) is 0 Å². The molecule has 0 radical (unpaired) electrons. The molecule has 7 rings (SSSR count). The largest absolute Gasteiger partial charge is 0.489 e. The number of thiazole rings is 1. The monoisotopic (exact) mass is 649 g/mol. The molecule has 5 aromatic rings. The molecule has 2 heterocycles. The second-order valence-electron chi connectivity index (χ2n) is 10.4. The van der Waals surface area contributed by atoms with Gasteiger partial charge in [0.25, 0.3) is 11.2 Å². The van der Waals surface area contributed by atoms with Crippen molar-refractivity contribution in [1.82, 2.24) is 4.57 Å². The number of allylic oxidation sites excluding steroid dienone is 1. The van der Waals surface area contributed by atoms with Crippen molar-refractivity contribution < 1.29 is 9.66 Å². The first-order valence-corrected chi connectivity index (χ1v) is 15.4. The van der Waals surface area contributed by atoms with E-state index in [1.807, 2.05) is 53.1 Å². The van der Waals surface area contributed by atoms with Crippen molar-refractivity contribution in [2.45, 2.75) is 25.5 Å². The SMILES string of the molecule is O=c1/c(=C\c2cccc(OCc3ccc([N+](=O)[O-])cc3)c2)sc2n1[C@@H](c1ccc(Br)cc1)C1=C(N=2)c2ccccc2CC1. The van der Waals surface area contributed by atoms with Gasteiger partial charge in [-0.1, -0.05) is 75.8 Å². The van der Waals surface area contributed by atoms with Gasteiger partial charge >= 0.3 is 0 Å². The van der Waals surface area contributed by atoms with Gasteiger partial charge < -0.3 is 4.74 Å². The summed E-state index contributed by atoms with van der Waals surface area (Å²) in [6, 6.07) is 30.2. The maximum absolute atomic E-state index is 14.0. The van der Waals surface area contributed by atoms with E-state index in [0.29, 0.717) is 15.1 Å². The fraction of sp³-hybridized carbons (Fsp3) is 0.118. The number of fused-ring (bicyclic) bond motifs is 3. The Morgan fingerprint density at radius 1 is 1.00 bits per heavy atom. The topological polar surface area (TPSA) is 86.7 Å². The third-order valence-corrected chi connectivity index (χ3v) is 9.28. The Kier molecular flexibility index (Phi) is 7.12. The highest BCUT2D eigenvalue weighted by Gasteiger charge is 2.32. The van der Waals surface area contributed by atoms with Crippen LogP contribution in [-0.4, -0.2) is 9.49 Å².